The number of nitrogens with one attached hydrogen (secondary N) is 1. The molecule has 1 rings (SSSR count). The molecule has 2 unspecified atom stereocenters. The number of hydrogen-bond donors (Lipinski definition) is 2. The van der Waals surface area contributed by atoms with Gasteiger partial charge in [-0.2, -0.15) is 0 Å². The van der Waals surface area contributed by atoms with E-state index >= 15 is 0 Å². The molecule has 1 aromatic carbocycles. The van der Waals surface area contributed by atoms with Gasteiger partial charge in [-0.25, -0.2) is 0 Å². The molecule has 0 bridgehead atoms. The smallest absolute Gasteiger partial charge is 0.0406 e. The van der Waals surface area contributed by atoms with Crippen molar-refractivity contribution in [1.82, 2.24) is 5.32 Å². The van der Waals surface area contributed by atoms with Gasteiger partial charge in [-0.05, 0) is 49.5 Å². The van der Waals surface area contributed by atoms with Crippen LogP contribution in [0.25, 0.3) is 0 Å². The summed E-state index contributed by atoms with van der Waals surface area (Å²) in [5.41, 5.74) is 7.02. The summed E-state index contributed by atoms with van der Waals surface area (Å²) in [5.74, 6) is 1.15. The maximum Gasteiger partial charge on any atom is 0.0406 e. The maximum atomic E-state index is 5.87. The van der Waals surface area contributed by atoms with E-state index in [9.17, 15) is 0 Å². The predicted molar refractivity (Wildman–Crippen MR) is 75.3 cm³/mol. The standard InChI is InChI=1S/C14H23ClN2/c1-10(2)13(8-16)9-17-11(3)12-4-6-14(15)7-5-12/h4-7,10-11,13,17H,8-9,16H2,1-3H3. The van der Waals surface area contributed by atoms with Crippen LogP contribution in [0.1, 0.15) is 32.4 Å². The fourth-order valence-corrected chi connectivity index (χ4v) is 1.91. The molecule has 0 radical (unpaired) electrons. The van der Waals surface area contributed by atoms with Crippen molar-refractivity contribution in [2.75, 3.05) is 13.1 Å². The maximum absolute atomic E-state index is 5.87. The number of hydrogen-bond acceptors (Lipinski definition) is 2. The molecule has 0 saturated carbocycles. The van der Waals surface area contributed by atoms with Gasteiger partial charge in [-0.1, -0.05) is 37.6 Å². The molecule has 0 heterocycles. The van der Waals surface area contributed by atoms with Gasteiger partial charge in [0.25, 0.3) is 0 Å². The van der Waals surface area contributed by atoms with Crippen LogP contribution in [0, 0.1) is 11.8 Å². The molecule has 0 amide bonds. The minimum atomic E-state index is 0.333. The zero-order chi connectivity index (χ0) is 12.8. The first kappa shape index (κ1) is 14.5. The molecule has 0 aliphatic heterocycles. The summed E-state index contributed by atoms with van der Waals surface area (Å²) >= 11 is 5.87. The van der Waals surface area contributed by atoms with Crippen molar-refractivity contribution >= 4 is 11.6 Å². The van der Waals surface area contributed by atoms with Crippen molar-refractivity contribution in [1.29, 1.82) is 0 Å². The Hall–Kier alpha value is -0.570. The van der Waals surface area contributed by atoms with Crippen LogP contribution in [0.2, 0.25) is 5.02 Å². The summed E-state index contributed by atoms with van der Waals surface area (Å²) in [6.07, 6.45) is 0. The molecule has 3 N–H and O–H groups in total. The largest absolute Gasteiger partial charge is 0.330 e. The van der Waals surface area contributed by atoms with E-state index in [4.69, 9.17) is 17.3 Å². The summed E-state index contributed by atoms with van der Waals surface area (Å²) in [6.45, 7) is 8.28. The minimum absolute atomic E-state index is 0.333. The van der Waals surface area contributed by atoms with Crippen molar-refractivity contribution in [3.8, 4) is 0 Å². The highest BCUT2D eigenvalue weighted by Gasteiger charge is 2.13. The SMILES string of the molecule is CC(NCC(CN)C(C)C)c1ccc(Cl)cc1. The normalized spacial score (nSPS) is 14.9. The molecule has 2 atom stereocenters. The summed E-state index contributed by atoms with van der Waals surface area (Å²) in [5, 5.41) is 4.31. The van der Waals surface area contributed by atoms with Gasteiger partial charge < -0.3 is 11.1 Å². The lowest BCUT2D eigenvalue weighted by Crippen LogP contribution is -2.33. The van der Waals surface area contributed by atoms with E-state index in [-0.39, 0.29) is 0 Å². The van der Waals surface area contributed by atoms with E-state index in [0.717, 1.165) is 18.1 Å². The monoisotopic (exact) mass is 254 g/mol. The summed E-state index contributed by atoms with van der Waals surface area (Å²) in [4.78, 5) is 0. The Morgan fingerprint density at radius 2 is 1.76 bits per heavy atom. The highest BCUT2D eigenvalue weighted by Crippen LogP contribution is 2.17. The molecule has 0 spiro atoms. The predicted octanol–water partition coefficient (Wildman–Crippen LogP) is 3.22. The van der Waals surface area contributed by atoms with E-state index in [2.05, 4.69) is 38.2 Å². The molecular formula is C14H23ClN2. The van der Waals surface area contributed by atoms with E-state index in [1.165, 1.54) is 5.56 Å². The average Bonchev–Trinajstić information content (AvgIpc) is 2.30. The third kappa shape index (κ3) is 4.66. The van der Waals surface area contributed by atoms with Crippen molar-refractivity contribution < 1.29 is 0 Å². The third-order valence-electron chi connectivity index (χ3n) is 3.30. The number of benzene rings is 1. The summed E-state index contributed by atoms with van der Waals surface area (Å²) < 4.78 is 0. The van der Waals surface area contributed by atoms with Crippen LogP contribution in [0.5, 0.6) is 0 Å². The van der Waals surface area contributed by atoms with Crippen molar-refractivity contribution in [3.63, 3.8) is 0 Å². The van der Waals surface area contributed by atoms with Crippen LogP contribution in [0.15, 0.2) is 24.3 Å². The first-order valence-electron chi connectivity index (χ1n) is 6.23. The Morgan fingerprint density at radius 1 is 1.18 bits per heavy atom. The van der Waals surface area contributed by atoms with Crippen LogP contribution < -0.4 is 11.1 Å². The van der Waals surface area contributed by atoms with Crippen LogP contribution in [-0.4, -0.2) is 13.1 Å². The van der Waals surface area contributed by atoms with Gasteiger partial charge in [0.2, 0.25) is 0 Å². The molecule has 3 heteroatoms. The Balaban J connectivity index is 2.49. The molecule has 0 aromatic heterocycles. The lowest BCUT2D eigenvalue weighted by molar-refractivity contribution is 0.356. The molecule has 0 fully saturated rings. The van der Waals surface area contributed by atoms with Crippen LogP contribution >= 0.6 is 11.6 Å². The first-order chi connectivity index (χ1) is 8.04. The average molecular weight is 255 g/mol. The van der Waals surface area contributed by atoms with Gasteiger partial charge >= 0.3 is 0 Å². The lowest BCUT2D eigenvalue weighted by atomic mass is 9.95. The molecule has 0 aliphatic rings. The second-order valence-electron chi connectivity index (χ2n) is 4.92. The highest BCUT2D eigenvalue weighted by atomic mass is 35.5. The molecule has 1 aromatic rings. The number of nitrogens with two attached hydrogens (primary N) is 1. The topological polar surface area (TPSA) is 38.0 Å². The molecule has 0 aliphatic carbocycles. The van der Waals surface area contributed by atoms with E-state index in [1.807, 2.05) is 12.1 Å². The van der Waals surface area contributed by atoms with Crippen molar-refractivity contribution in [2.24, 2.45) is 17.6 Å². The molecule has 0 saturated heterocycles. The fourth-order valence-electron chi connectivity index (χ4n) is 1.79. The van der Waals surface area contributed by atoms with Crippen molar-refractivity contribution in [3.05, 3.63) is 34.9 Å². The van der Waals surface area contributed by atoms with Gasteiger partial charge in [0.05, 0.1) is 0 Å². The van der Waals surface area contributed by atoms with Gasteiger partial charge in [0.15, 0.2) is 0 Å². The van der Waals surface area contributed by atoms with E-state index in [1.54, 1.807) is 0 Å². The Morgan fingerprint density at radius 3 is 2.24 bits per heavy atom. The van der Waals surface area contributed by atoms with Gasteiger partial charge in [-0.15, -0.1) is 0 Å². The number of rotatable bonds is 6. The van der Waals surface area contributed by atoms with Crippen molar-refractivity contribution in [2.45, 2.75) is 26.8 Å². The second-order valence-corrected chi connectivity index (χ2v) is 5.36. The Bertz CT molecular complexity index is 321. The highest BCUT2D eigenvalue weighted by molar-refractivity contribution is 6.30. The molecular weight excluding hydrogens is 232 g/mol. The summed E-state index contributed by atoms with van der Waals surface area (Å²) in [6, 6.07) is 8.32. The van der Waals surface area contributed by atoms with Crippen LogP contribution in [0.3, 0.4) is 0 Å². The van der Waals surface area contributed by atoms with Gasteiger partial charge in [0, 0.05) is 11.1 Å². The third-order valence-corrected chi connectivity index (χ3v) is 3.55. The summed E-state index contributed by atoms with van der Waals surface area (Å²) in [7, 11) is 0. The first-order valence-corrected chi connectivity index (χ1v) is 6.61. The quantitative estimate of drug-likeness (QED) is 0.818. The zero-order valence-electron chi connectivity index (χ0n) is 10.9. The van der Waals surface area contributed by atoms with Gasteiger partial charge in [0.1, 0.15) is 0 Å². The Kier molecular flexibility index (Phi) is 5.96. The molecule has 2 nitrogen and oxygen atoms in total. The van der Waals surface area contributed by atoms with Crippen LogP contribution in [0.4, 0.5) is 0 Å². The fraction of sp³-hybridized carbons (Fsp3) is 0.571. The van der Waals surface area contributed by atoms with Crippen LogP contribution in [-0.2, 0) is 0 Å². The zero-order valence-corrected chi connectivity index (χ0v) is 11.7. The Labute approximate surface area is 110 Å². The van der Waals surface area contributed by atoms with E-state index < -0.39 is 0 Å². The molecule has 96 valence electrons. The number of halogens is 1. The lowest BCUT2D eigenvalue weighted by Gasteiger charge is -2.22. The second kappa shape index (κ2) is 7.00. The van der Waals surface area contributed by atoms with E-state index in [0.29, 0.717) is 17.9 Å². The van der Waals surface area contributed by atoms with Gasteiger partial charge in [-0.3, -0.25) is 0 Å². The molecule has 17 heavy (non-hydrogen) atoms. The minimum Gasteiger partial charge on any atom is -0.330 e.